The maximum atomic E-state index is 14.6. The largest absolute Gasteiger partial charge is 0.480 e. The number of nitrogen functional groups attached to an aromatic ring is 1. The minimum Gasteiger partial charge on any atom is -0.480 e. The number of aliphatic hydroxyl groups excluding tert-OH is 2. The summed E-state index contributed by atoms with van der Waals surface area (Å²) in [5, 5.41) is 54.2. The average Bonchev–Trinajstić information content (AvgIpc) is 1.62. The minimum absolute atomic E-state index is 0.0148. The topological polar surface area (TPSA) is 805 Å². The monoisotopic (exact) mass is 1430 g/mol. The Balaban J connectivity index is 1.81. The highest BCUT2D eigenvalue weighted by Gasteiger charge is 2.48. The zero-order valence-electron chi connectivity index (χ0n) is 55.9. The normalized spacial score (nSPS) is 16.6. The molecule has 1 aliphatic rings. The number of nitrogens with two attached hydrogens (primary N) is 13. The van der Waals surface area contributed by atoms with Crippen molar-refractivity contribution in [3.63, 3.8) is 0 Å². The van der Waals surface area contributed by atoms with E-state index in [1.54, 1.807) is 0 Å². The smallest absolute Gasteiger partial charge is 0.326 e. The van der Waals surface area contributed by atoms with Crippen molar-refractivity contribution < 1.29 is 68.0 Å². The van der Waals surface area contributed by atoms with Gasteiger partial charge in [-0.25, -0.2) is 19.7 Å². The molecule has 38 N–H and O–H groups in total. The van der Waals surface area contributed by atoms with Gasteiger partial charge in [-0.05, 0) is 84.0 Å². The first kappa shape index (κ1) is 83.8. The van der Waals surface area contributed by atoms with Crippen molar-refractivity contribution in [1.29, 1.82) is 0 Å². The van der Waals surface area contributed by atoms with Crippen LogP contribution in [0.5, 0.6) is 0 Å². The van der Waals surface area contributed by atoms with E-state index < -0.39 is 126 Å². The quantitative estimate of drug-likeness (QED) is 0.0166. The minimum atomic E-state index is -1.68. The van der Waals surface area contributed by atoms with Crippen LogP contribution in [-0.2, 0) is 52.7 Å². The summed E-state index contributed by atoms with van der Waals surface area (Å²) < 4.78 is 6.95. The number of hydrogen-bond acceptors (Lipinski definition) is 23. The fourth-order valence-corrected chi connectivity index (χ4v) is 9.63. The lowest BCUT2D eigenvalue weighted by atomic mass is 10.0. The molecule has 2 aromatic heterocycles. The Morgan fingerprint density at radius 3 is 1.17 bits per heavy atom. The molecule has 2 aromatic rings. The molecule has 562 valence electrons. The number of nitrogens with zero attached hydrogens (tertiary/aromatic N) is 10. The van der Waals surface area contributed by atoms with Crippen molar-refractivity contribution in [3.05, 3.63) is 12.7 Å². The zero-order chi connectivity index (χ0) is 75.3. The van der Waals surface area contributed by atoms with Gasteiger partial charge in [-0.3, -0.25) is 77.7 Å². The van der Waals surface area contributed by atoms with Crippen LogP contribution in [0.1, 0.15) is 103 Å². The van der Waals surface area contributed by atoms with E-state index in [9.17, 15) is 63.3 Å². The third kappa shape index (κ3) is 31.3. The molecule has 0 unspecified atom stereocenters. The third-order valence-electron chi connectivity index (χ3n) is 14.7. The summed E-state index contributed by atoms with van der Waals surface area (Å²) in [5.74, 6) is -10.8. The molecule has 1 fully saturated rings. The van der Waals surface area contributed by atoms with Crippen LogP contribution >= 0.6 is 0 Å². The Labute approximate surface area is 578 Å². The van der Waals surface area contributed by atoms with Gasteiger partial charge >= 0.3 is 5.97 Å². The van der Waals surface area contributed by atoms with Crippen LogP contribution in [-0.4, -0.2) is 243 Å². The number of rotatable bonds is 46. The van der Waals surface area contributed by atoms with Gasteiger partial charge in [-0.15, -0.1) is 0 Å². The number of ether oxygens (including phenoxy) is 1. The summed E-state index contributed by atoms with van der Waals surface area (Å²) in [4.78, 5) is 172. The Morgan fingerprint density at radius 1 is 0.465 bits per heavy atom. The highest BCUT2D eigenvalue weighted by molar-refractivity contribution is 5.98. The van der Waals surface area contributed by atoms with Crippen molar-refractivity contribution in [2.45, 2.75) is 164 Å². The second-order valence-electron chi connectivity index (χ2n) is 22.8. The van der Waals surface area contributed by atoms with Crippen molar-refractivity contribution in [1.82, 2.24) is 67.4 Å². The Kier molecular flexibility index (Phi) is 36.3. The van der Waals surface area contributed by atoms with E-state index in [0.717, 1.165) is 6.33 Å². The first-order chi connectivity index (χ1) is 47.8. The predicted molar refractivity (Wildman–Crippen MR) is 367 cm³/mol. The molecule has 0 aliphatic carbocycles. The number of aliphatic carboxylic acids is 1. The third-order valence-corrected chi connectivity index (χ3v) is 14.7. The SMILES string of the molecule is C[C@H](NC(=O)CCNC(=O)CCNC(=O)[C@H]1O[C@@H](n2cnc3c(N)ncnc32)[C@H](O)[C@@H]1O)C(=O)N[C@@H](CCCN=C(N)N)C(=O)N[C@@H](CCCN=C(N)N)C(=O)N[C@@H](CCCN=C(N)N)C(=O)N[C@@H](CCCN=C(N)N)C(=O)N[C@@H](CCCN=C(N)N)C(=O)N[C@@H](CCCN=C(N)N)C(=O)O. The molecule has 0 radical (unpaired) electrons. The first-order valence-electron chi connectivity index (χ1n) is 32.0. The number of carbonyl (C=O) groups is 10. The molecule has 1 saturated heterocycles. The van der Waals surface area contributed by atoms with Gasteiger partial charge in [-0.1, -0.05) is 0 Å². The summed E-state index contributed by atoms with van der Waals surface area (Å²) in [6.45, 7) is 0.650. The van der Waals surface area contributed by atoms with Gasteiger partial charge in [0, 0.05) is 65.2 Å². The van der Waals surface area contributed by atoms with Crippen LogP contribution in [0.25, 0.3) is 11.2 Å². The average molecular weight is 1430 g/mol. The van der Waals surface area contributed by atoms with E-state index in [1.165, 1.54) is 17.8 Å². The van der Waals surface area contributed by atoms with Crippen LogP contribution in [0.3, 0.4) is 0 Å². The molecule has 1 aliphatic heterocycles. The zero-order valence-corrected chi connectivity index (χ0v) is 55.9. The van der Waals surface area contributed by atoms with Gasteiger partial charge in [0.25, 0.3) is 5.91 Å². The lowest BCUT2D eigenvalue weighted by Gasteiger charge is -2.28. The molecule has 3 heterocycles. The molecule has 101 heavy (non-hydrogen) atoms. The van der Waals surface area contributed by atoms with E-state index in [2.05, 4.69) is 92.8 Å². The van der Waals surface area contributed by atoms with Crippen molar-refractivity contribution in [2.75, 3.05) is 58.1 Å². The second kappa shape index (κ2) is 43.8. The maximum absolute atomic E-state index is 14.6. The van der Waals surface area contributed by atoms with Crippen LogP contribution in [0.15, 0.2) is 42.6 Å². The highest BCUT2D eigenvalue weighted by Crippen LogP contribution is 2.32. The van der Waals surface area contributed by atoms with E-state index in [1.807, 2.05) is 0 Å². The van der Waals surface area contributed by atoms with Gasteiger partial charge in [0.05, 0.1) is 6.33 Å². The van der Waals surface area contributed by atoms with E-state index in [0.29, 0.717) is 0 Å². The molecule has 46 nitrogen and oxygen atoms in total. The van der Waals surface area contributed by atoms with E-state index >= 15 is 0 Å². The Hall–Kier alpha value is -11.4. The number of aliphatic hydroxyl groups is 2. The number of fused-ring (bicyclic) bond motifs is 1. The summed E-state index contributed by atoms with van der Waals surface area (Å²) in [7, 11) is 0. The second-order valence-corrected chi connectivity index (χ2v) is 22.8. The van der Waals surface area contributed by atoms with Crippen LogP contribution in [0.4, 0.5) is 5.82 Å². The number of carboxylic acid groups (broad SMARTS) is 1. The molecule has 11 atom stereocenters. The van der Waals surface area contributed by atoms with Crippen molar-refractivity contribution >= 4 is 112 Å². The standard InChI is InChI=1S/C55H98N32O14/c1-26(80-34(89)15-22-69-33(88)14-23-70-47(98)38-36(90)37(91)48(101-38)87-25-79-35-39(56)77-24-78-40(35)87)41(92)81-27(8-2-16-71-50(57)58)42(93)82-28(9-3-17-72-51(59)60)43(94)83-29(10-4-18-73-52(61)62)44(95)84-30(11-5-19-74-53(63)64)45(96)85-31(12-6-20-75-54(65)66)46(97)86-32(49(99)100)13-7-21-76-55(67)68/h24-32,36-38,48,90-91H,2-23H2,1H3,(H,69,88)(H,70,98)(H,80,89)(H,81,92)(H,82,93)(H,83,94)(H,84,95)(H,85,96)(H,86,97)(H,99,100)(H2,56,77,78)(H4,57,58,71)(H4,59,60,72)(H4,61,62,73)(H4,63,64,74)(H4,65,66,75)(H4,67,68,76)/t26-,27-,28-,29-,30-,31-,32-,36-,37+,38-,48+/m0/s1. The molecular formula is C55H98N32O14. The molecular weight excluding hydrogens is 1330 g/mol. The Morgan fingerprint density at radius 2 is 0.802 bits per heavy atom. The number of anilines is 1. The van der Waals surface area contributed by atoms with Crippen molar-refractivity contribution in [2.24, 2.45) is 98.8 Å². The van der Waals surface area contributed by atoms with E-state index in [-0.39, 0.29) is 195 Å². The number of carboxylic acids is 1. The van der Waals surface area contributed by atoms with Gasteiger partial charge in [0.2, 0.25) is 47.3 Å². The summed E-state index contributed by atoms with van der Waals surface area (Å²) in [6, 6.07) is -10.3. The predicted octanol–water partition coefficient (Wildman–Crippen LogP) is -12.1. The van der Waals surface area contributed by atoms with E-state index in [4.69, 9.17) is 79.3 Å². The summed E-state index contributed by atoms with van der Waals surface area (Å²) in [5.41, 5.74) is 72.4. The lowest BCUT2D eigenvalue weighted by molar-refractivity contribution is -0.142. The van der Waals surface area contributed by atoms with Crippen LogP contribution in [0, 0.1) is 0 Å². The highest BCUT2D eigenvalue weighted by atomic mass is 16.6. The number of imidazole rings is 1. The van der Waals surface area contributed by atoms with Crippen molar-refractivity contribution in [3.8, 4) is 0 Å². The number of aliphatic imine (C=N–C) groups is 6. The molecule has 0 aromatic carbocycles. The maximum Gasteiger partial charge on any atom is 0.326 e. The molecule has 0 spiro atoms. The van der Waals surface area contributed by atoms with Crippen LogP contribution < -0.4 is 122 Å². The Bertz CT molecular complexity index is 3290. The number of guanidine groups is 6. The van der Waals surface area contributed by atoms with Gasteiger partial charge < -0.3 is 142 Å². The fourth-order valence-electron chi connectivity index (χ4n) is 9.63. The first-order valence-corrected chi connectivity index (χ1v) is 32.0. The van der Waals surface area contributed by atoms with Crippen LogP contribution in [0.2, 0.25) is 0 Å². The summed E-state index contributed by atoms with van der Waals surface area (Å²) >= 11 is 0. The molecule has 3 rings (SSSR count). The number of nitrogens with one attached hydrogen (secondary N) is 9. The number of aromatic nitrogens is 4. The molecule has 9 amide bonds. The van der Waals surface area contributed by atoms with Gasteiger partial charge in [0.1, 0.15) is 66.3 Å². The number of hydrogen-bond donors (Lipinski definition) is 25. The molecule has 46 heteroatoms. The summed E-state index contributed by atoms with van der Waals surface area (Å²) in [6.07, 6.45) is -4.98. The van der Waals surface area contributed by atoms with Gasteiger partial charge in [0.15, 0.2) is 59.6 Å². The lowest BCUT2D eigenvalue weighted by Crippen LogP contribution is -2.60. The molecule has 0 saturated carbocycles. The number of carbonyl (C=O) groups excluding carboxylic acids is 9. The van der Waals surface area contributed by atoms with Gasteiger partial charge in [-0.2, -0.15) is 0 Å². The molecule has 0 bridgehead atoms. The fraction of sp³-hybridized carbons (Fsp3) is 0.618. The number of amides is 9.